The van der Waals surface area contributed by atoms with E-state index in [-0.39, 0.29) is 12.3 Å². The van der Waals surface area contributed by atoms with Crippen LogP contribution < -0.4 is 0 Å². The van der Waals surface area contributed by atoms with Crippen LogP contribution in [-0.2, 0) is 14.3 Å². The first kappa shape index (κ1) is 12.1. The Hall–Kier alpha value is -1.35. The van der Waals surface area contributed by atoms with Gasteiger partial charge in [0.15, 0.2) is 6.10 Å². The molecule has 0 N–H and O–H groups in total. The van der Waals surface area contributed by atoms with Crippen LogP contribution >= 0.6 is 0 Å². The van der Waals surface area contributed by atoms with Gasteiger partial charge < -0.3 is 9.47 Å². The van der Waals surface area contributed by atoms with Gasteiger partial charge in [0.1, 0.15) is 0 Å². The highest BCUT2D eigenvalue weighted by atomic mass is 16.7. The molecule has 0 spiro atoms. The molecule has 1 heterocycles. The molecule has 17 heavy (non-hydrogen) atoms. The van der Waals surface area contributed by atoms with Crippen LogP contribution in [0.15, 0.2) is 30.3 Å². The van der Waals surface area contributed by atoms with Crippen LogP contribution in [0.3, 0.4) is 0 Å². The molecule has 0 bridgehead atoms. The van der Waals surface area contributed by atoms with E-state index in [1.54, 1.807) is 0 Å². The molecule has 1 fully saturated rings. The topological polar surface area (TPSA) is 35.5 Å². The van der Waals surface area contributed by atoms with E-state index in [1.807, 2.05) is 30.3 Å². The average molecular weight is 234 g/mol. The fourth-order valence-corrected chi connectivity index (χ4v) is 1.96. The predicted molar refractivity (Wildman–Crippen MR) is 64.3 cm³/mol. The van der Waals surface area contributed by atoms with Crippen molar-refractivity contribution in [3.63, 3.8) is 0 Å². The zero-order valence-corrected chi connectivity index (χ0v) is 10.1. The Kier molecular flexibility index (Phi) is 4.15. The van der Waals surface area contributed by atoms with Crippen molar-refractivity contribution in [1.29, 1.82) is 0 Å². The van der Waals surface area contributed by atoms with Crippen molar-refractivity contribution >= 4 is 5.97 Å². The molecule has 92 valence electrons. The molecule has 1 saturated heterocycles. The van der Waals surface area contributed by atoms with Gasteiger partial charge in [0.05, 0.1) is 0 Å². The minimum absolute atomic E-state index is 0.266. The second-order valence-corrected chi connectivity index (χ2v) is 4.29. The average Bonchev–Trinajstić information content (AvgIpc) is 2.72. The highest BCUT2D eigenvalue weighted by Gasteiger charge is 2.35. The fraction of sp³-hybridized carbons (Fsp3) is 0.500. The maximum atomic E-state index is 11.7. The normalized spacial score (nSPS) is 23.7. The Morgan fingerprint density at radius 2 is 1.94 bits per heavy atom. The van der Waals surface area contributed by atoms with Gasteiger partial charge in [-0.1, -0.05) is 50.1 Å². The Labute approximate surface area is 102 Å². The molecule has 0 amide bonds. The van der Waals surface area contributed by atoms with Gasteiger partial charge in [-0.3, -0.25) is 0 Å². The second kappa shape index (κ2) is 5.82. The number of hydrogen-bond acceptors (Lipinski definition) is 3. The summed E-state index contributed by atoms with van der Waals surface area (Å²) in [6.07, 6.45) is 3.23. The van der Waals surface area contributed by atoms with Gasteiger partial charge in [-0.05, 0) is 12.0 Å². The number of rotatable bonds is 5. The van der Waals surface area contributed by atoms with E-state index in [0.29, 0.717) is 0 Å². The summed E-state index contributed by atoms with van der Waals surface area (Å²) >= 11 is 0. The van der Waals surface area contributed by atoms with Crippen molar-refractivity contribution in [1.82, 2.24) is 0 Å². The van der Waals surface area contributed by atoms with Crippen molar-refractivity contribution in [2.45, 2.75) is 45.0 Å². The van der Waals surface area contributed by atoms with Crippen LogP contribution in [-0.4, -0.2) is 12.3 Å². The summed E-state index contributed by atoms with van der Waals surface area (Å²) in [6, 6.07) is 9.50. The Morgan fingerprint density at radius 1 is 1.18 bits per heavy atom. The van der Waals surface area contributed by atoms with Gasteiger partial charge in [-0.15, -0.1) is 0 Å². The summed E-state index contributed by atoms with van der Waals surface area (Å²) in [5.74, 6) is -0.266. The van der Waals surface area contributed by atoms with Crippen molar-refractivity contribution in [2.24, 2.45) is 0 Å². The van der Waals surface area contributed by atoms with Crippen LogP contribution in [0.4, 0.5) is 0 Å². The summed E-state index contributed by atoms with van der Waals surface area (Å²) in [6.45, 7) is 2.15. The molecular formula is C14H18O3. The van der Waals surface area contributed by atoms with E-state index in [4.69, 9.17) is 9.47 Å². The molecular weight excluding hydrogens is 216 g/mol. The van der Waals surface area contributed by atoms with Crippen molar-refractivity contribution < 1.29 is 14.3 Å². The monoisotopic (exact) mass is 234 g/mol. The maximum absolute atomic E-state index is 11.7. The predicted octanol–water partition coefficient (Wildman–Crippen LogP) is 3.21. The molecule has 1 aromatic carbocycles. The SMILES string of the molecule is CCCCC[C@H]1OC(=O)[C@@H](c2ccccc2)O1. The molecule has 1 aliphatic rings. The number of ether oxygens (including phenoxy) is 2. The molecule has 3 nitrogen and oxygen atoms in total. The zero-order chi connectivity index (χ0) is 12.1. The highest BCUT2D eigenvalue weighted by Crippen LogP contribution is 2.29. The molecule has 2 rings (SSSR count). The lowest BCUT2D eigenvalue weighted by Gasteiger charge is -2.09. The summed E-state index contributed by atoms with van der Waals surface area (Å²) in [5, 5.41) is 0. The van der Waals surface area contributed by atoms with Gasteiger partial charge in [0.2, 0.25) is 6.29 Å². The quantitative estimate of drug-likeness (QED) is 0.579. The van der Waals surface area contributed by atoms with Crippen LogP contribution in [0.1, 0.15) is 44.3 Å². The molecule has 1 aromatic rings. The lowest BCUT2D eigenvalue weighted by Crippen LogP contribution is -2.07. The van der Waals surface area contributed by atoms with Gasteiger partial charge in [-0.25, -0.2) is 4.79 Å². The van der Waals surface area contributed by atoms with E-state index < -0.39 is 6.10 Å². The maximum Gasteiger partial charge on any atom is 0.342 e. The third kappa shape index (κ3) is 3.07. The molecule has 0 aromatic heterocycles. The number of cyclic esters (lactones) is 1. The molecule has 1 aliphatic heterocycles. The number of carbonyl (C=O) groups excluding carboxylic acids is 1. The van der Waals surface area contributed by atoms with E-state index in [1.165, 1.54) is 0 Å². The van der Waals surface area contributed by atoms with E-state index in [2.05, 4.69) is 6.92 Å². The first-order chi connectivity index (χ1) is 8.31. The van der Waals surface area contributed by atoms with Crippen LogP contribution in [0, 0.1) is 0 Å². The lowest BCUT2D eigenvalue weighted by molar-refractivity contribution is -0.144. The zero-order valence-electron chi connectivity index (χ0n) is 10.1. The van der Waals surface area contributed by atoms with Gasteiger partial charge in [0.25, 0.3) is 0 Å². The number of carbonyl (C=O) groups is 1. The number of benzene rings is 1. The minimum atomic E-state index is -0.539. The Bertz CT molecular complexity index is 361. The standard InChI is InChI=1S/C14H18O3/c1-2-3-5-10-12-16-13(14(15)17-12)11-8-6-4-7-9-11/h4,6-9,12-13H,2-3,5,10H2,1H3/t12-,13-/m1/s1. The van der Waals surface area contributed by atoms with Gasteiger partial charge in [0, 0.05) is 6.42 Å². The molecule has 0 unspecified atom stereocenters. The van der Waals surface area contributed by atoms with Crippen molar-refractivity contribution in [2.75, 3.05) is 0 Å². The van der Waals surface area contributed by atoms with Gasteiger partial charge >= 0.3 is 5.97 Å². The van der Waals surface area contributed by atoms with Crippen LogP contribution in [0.2, 0.25) is 0 Å². The summed E-state index contributed by atoms with van der Waals surface area (Å²) in [5.41, 5.74) is 0.871. The van der Waals surface area contributed by atoms with E-state index in [9.17, 15) is 4.79 Å². The number of hydrogen-bond donors (Lipinski definition) is 0. The smallest absolute Gasteiger partial charge is 0.342 e. The number of esters is 1. The Morgan fingerprint density at radius 3 is 2.65 bits per heavy atom. The third-order valence-electron chi connectivity index (χ3n) is 2.90. The van der Waals surface area contributed by atoms with Crippen LogP contribution in [0.5, 0.6) is 0 Å². The molecule has 0 aliphatic carbocycles. The highest BCUT2D eigenvalue weighted by molar-refractivity contribution is 5.77. The second-order valence-electron chi connectivity index (χ2n) is 4.29. The van der Waals surface area contributed by atoms with Crippen LogP contribution in [0.25, 0.3) is 0 Å². The van der Waals surface area contributed by atoms with Crippen molar-refractivity contribution in [3.8, 4) is 0 Å². The summed E-state index contributed by atoms with van der Waals surface area (Å²) in [7, 11) is 0. The molecule has 2 atom stereocenters. The third-order valence-corrected chi connectivity index (χ3v) is 2.90. The summed E-state index contributed by atoms with van der Waals surface area (Å²) in [4.78, 5) is 11.7. The summed E-state index contributed by atoms with van der Waals surface area (Å²) < 4.78 is 10.8. The van der Waals surface area contributed by atoms with Crippen molar-refractivity contribution in [3.05, 3.63) is 35.9 Å². The molecule has 0 saturated carbocycles. The minimum Gasteiger partial charge on any atom is -0.434 e. The lowest BCUT2D eigenvalue weighted by atomic mass is 10.1. The van der Waals surface area contributed by atoms with E-state index >= 15 is 0 Å². The largest absolute Gasteiger partial charge is 0.434 e. The molecule has 3 heteroatoms. The number of unbranched alkanes of at least 4 members (excludes halogenated alkanes) is 2. The van der Waals surface area contributed by atoms with Gasteiger partial charge in [-0.2, -0.15) is 0 Å². The fourth-order valence-electron chi connectivity index (χ4n) is 1.96. The first-order valence-corrected chi connectivity index (χ1v) is 6.22. The van der Waals surface area contributed by atoms with E-state index in [0.717, 1.165) is 31.2 Å². The molecule has 0 radical (unpaired) electrons. The first-order valence-electron chi connectivity index (χ1n) is 6.22. The Balaban J connectivity index is 1.92.